The molecule has 0 aliphatic carbocycles. The Balaban J connectivity index is -0.000000245. The Morgan fingerprint density at radius 3 is 1.90 bits per heavy atom. The molecule has 0 fully saturated rings. The standard InChI is InChI=1S/C5H11NO2.2CH4/c1-6(2)4-3-5(7)8;;/h3-4H2,1-2H3,(H,7,8);2*1H4. The summed E-state index contributed by atoms with van der Waals surface area (Å²) >= 11 is 0. The van der Waals surface area contributed by atoms with Gasteiger partial charge in [0.25, 0.3) is 0 Å². The highest BCUT2D eigenvalue weighted by Gasteiger charge is 1.95. The Bertz CT molecular complexity index is 81.7. The summed E-state index contributed by atoms with van der Waals surface area (Å²) in [5.41, 5.74) is 0. The van der Waals surface area contributed by atoms with Crippen molar-refractivity contribution >= 4 is 5.97 Å². The molecule has 3 heteroatoms. The number of carboxylic acid groups (broad SMARTS) is 1. The number of aliphatic carboxylic acids is 1. The molecule has 64 valence electrons. The fourth-order valence-corrected chi connectivity index (χ4v) is 0.319. The number of hydrogen-bond acceptors (Lipinski definition) is 2. The van der Waals surface area contributed by atoms with Crippen LogP contribution in [0.3, 0.4) is 0 Å². The van der Waals surface area contributed by atoms with E-state index in [9.17, 15) is 4.79 Å². The zero-order valence-corrected chi connectivity index (χ0v) is 5.22. The van der Waals surface area contributed by atoms with Gasteiger partial charge in [-0.25, -0.2) is 0 Å². The fraction of sp³-hybridized carbons (Fsp3) is 0.857. The van der Waals surface area contributed by atoms with Gasteiger partial charge in [0.15, 0.2) is 0 Å². The van der Waals surface area contributed by atoms with Gasteiger partial charge in [-0.2, -0.15) is 0 Å². The predicted molar refractivity (Wildman–Crippen MR) is 44.3 cm³/mol. The van der Waals surface area contributed by atoms with Gasteiger partial charge in [-0.05, 0) is 14.1 Å². The van der Waals surface area contributed by atoms with Crippen LogP contribution in [-0.4, -0.2) is 36.6 Å². The van der Waals surface area contributed by atoms with Gasteiger partial charge in [-0.3, -0.25) is 4.79 Å². The lowest BCUT2D eigenvalue weighted by Crippen LogP contribution is -2.15. The van der Waals surface area contributed by atoms with Crippen LogP contribution in [0, 0.1) is 0 Å². The van der Waals surface area contributed by atoms with Crippen LogP contribution in [0.4, 0.5) is 0 Å². The summed E-state index contributed by atoms with van der Waals surface area (Å²) in [6, 6.07) is 0. The molecule has 0 radical (unpaired) electrons. The molecule has 0 aliphatic heterocycles. The highest BCUT2D eigenvalue weighted by molar-refractivity contribution is 5.66. The average molecular weight is 149 g/mol. The molecule has 0 unspecified atom stereocenters. The molecule has 0 heterocycles. The molecule has 0 aliphatic rings. The van der Waals surface area contributed by atoms with Crippen molar-refractivity contribution in [2.75, 3.05) is 20.6 Å². The second kappa shape index (κ2) is 8.43. The number of nitrogens with zero attached hydrogens (tertiary/aromatic N) is 1. The van der Waals surface area contributed by atoms with Gasteiger partial charge < -0.3 is 10.0 Å². The molecule has 0 bridgehead atoms. The van der Waals surface area contributed by atoms with Gasteiger partial charge >= 0.3 is 5.97 Å². The summed E-state index contributed by atoms with van der Waals surface area (Å²) in [7, 11) is 3.70. The minimum atomic E-state index is -0.737. The van der Waals surface area contributed by atoms with E-state index in [1.807, 2.05) is 19.0 Å². The fourth-order valence-electron chi connectivity index (χ4n) is 0.319. The lowest BCUT2D eigenvalue weighted by molar-refractivity contribution is -0.137. The Morgan fingerprint density at radius 1 is 1.40 bits per heavy atom. The topological polar surface area (TPSA) is 40.5 Å². The summed E-state index contributed by atoms with van der Waals surface area (Å²) in [6.45, 7) is 0.620. The van der Waals surface area contributed by atoms with Crippen LogP contribution in [0.25, 0.3) is 0 Å². The van der Waals surface area contributed by atoms with E-state index >= 15 is 0 Å². The number of rotatable bonds is 3. The smallest absolute Gasteiger partial charge is 0.304 e. The zero-order valence-electron chi connectivity index (χ0n) is 5.22. The van der Waals surface area contributed by atoms with Crippen molar-refractivity contribution < 1.29 is 9.90 Å². The third-order valence-corrected chi connectivity index (χ3v) is 0.773. The molecule has 0 aromatic carbocycles. The average Bonchev–Trinajstić information content (AvgIpc) is 1.61. The molecule has 0 spiro atoms. The summed E-state index contributed by atoms with van der Waals surface area (Å²) in [5, 5.41) is 8.14. The van der Waals surface area contributed by atoms with Crippen molar-refractivity contribution in [3.05, 3.63) is 0 Å². The summed E-state index contributed by atoms with van der Waals surface area (Å²) in [6.07, 6.45) is 0.229. The quantitative estimate of drug-likeness (QED) is 0.657. The Labute approximate surface area is 63.7 Å². The Hall–Kier alpha value is -0.570. The van der Waals surface area contributed by atoms with Gasteiger partial charge in [0.1, 0.15) is 0 Å². The first kappa shape index (κ1) is 16.2. The van der Waals surface area contributed by atoms with E-state index < -0.39 is 5.97 Å². The first-order valence-electron chi connectivity index (χ1n) is 2.49. The molecule has 10 heavy (non-hydrogen) atoms. The first-order chi connectivity index (χ1) is 3.63. The van der Waals surface area contributed by atoms with Crippen LogP contribution < -0.4 is 0 Å². The largest absolute Gasteiger partial charge is 0.481 e. The molecule has 0 saturated carbocycles. The monoisotopic (exact) mass is 149 g/mol. The normalized spacial score (nSPS) is 7.90. The number of hydrogen-bond donors (Lipinski definition) is 1. The SMILES string of the molecule is C.C.CN(C)CCC(=O)O. The molecule has 0 aromatic rings. The van der Waals surface area contributed by atoms with Gasteiger partial charge in [0.2, 0.25) is 0 Å². The van der Waals surface area contributed by atoms with E-state index in [1.54, 1.807) is 0 Å². The van der Waals surface area contributed by atoms with Gasteiger partial charge in [-0.1, -0.05) is 14.9 Å². The lowest BCUT2D eigenvalue weighted by atomic mass is 10.4. The predicted octanol–water partition coefficient (Wildman–Crippen LogP) is 1.29. The molecular weight excluding hydrogens is 130 g/mol. The van der Waals surface area contributed by atoms with Crippen molar-refractivity contribution in [3.8, 4) is 0 Å². The first-order valence-corrected chi connectivity index (χ1v) is 2.49. The summed E-state index contributed by atoms with van der Waals surface area (Å²) in [5.74, 6) is -0.737. The molecular formula is C7H19NO2. The van der Waals surface area contributed by atoms with E-state index in [0.29, 0.717) is 6.54 Å². The van der Waals surface area contributed by atoms with Crippen LogP contribution in [0.2, 0.25) is 0 Å². The summed E-state index contributed by atoms with van der Waals surface area (Å²) < 4.78 is 0. The van der Waals surface area contributed by atoms with E-state index in [0.717, 1.165) is 0 Å². The van der Waals surface area contributed by atoms with Gasteiger partial charge in [0, 0.05) is 6.54 Å². The van der Waals surface area contributed by atoms with E-state index in [-0.39, 0.29) is 21.3 Å². The molecule has 0 amide bonds. The number of carboxylic acids is 1. The molecule has 0 saturated heterocycles. The van der Waals surface area contributed by atoms with E-state index in [1.165, 1.54) is 0 Å². The lowest BCUT2D eigenvalue weighted by Gasteiger charge is -2.04. The third kappa shape index (κ3) is 15.7. The minimum Gasteiger partial charge on any atom is -0.481 e. The highest BCUT2D eigenvalue weighted by atomic mass is 16.4. The maximum Gasteiger partial charge on any atom is 0.304 e. The summed E-state index contributed by atoms with van der Waals surface area (Å²) in [4.78, 5) is 11.7. The maximum absolute atomic E-state index is 9.88. The minimum absolute atomic E-state index is 0. The maximum atomic E-state index is 9.88. The molecule has 3 nitrogen and oxygen atoms in total. The van der Waals surface area contributed by atoms with Crippen LogP contribution in [0.5, 0.6) is 0 Å². The molecule has 1 N–H and O–H groups in total. The van der Waals surface area contributed by atoms with Crippen LogP contribution in [0.1, 0.15) is 21.3 Å². The van der Waals surface area contributed by atoms with Crippen molar-refractivity contribution in [2.45, 2.75) is 21.3 Å². The van der Waals surface area contributed by atoms with E-state index in [2.05, 4.69) is 0 Å². The second-order valence-corrected chi connectivity index (χ2v) is 1.95. The van der Waals surface area contributed by atoms with Crippen LogP contribution in [-0.2, 0) is 4.79 Å². The second-order valence-electron chi connectivity index (χ2n) is 1.95. The van der Waals surface area contributed by atoms with Crippen molar-refractivity contribution in [1.82, 2.24) is 4.90 Å². The van der Waals surface area contributed by atoms with Crippen LogP contribution in [0.15, 0.2) is 0 Å². The molecule has 0 aromatic heterocycles. The van der Waals surface area contributed by atoms with Crippen LogP contribution >= 0.6 is 0 Å². The molecule has 0 atom stereocenters. The van der Waals surface area contributed by atoms with Gasteiger partial charge in [0.05, 0.1) is 6.42 Å². The van der Waals surface area contributed by atoms with Gasteiger partial charge in [-0.15, -0.1) is 0 Å². The number of carbonyl (C=O) groups is 1. The van der Waals surface area contributed by atoms with Crippen molar-refractivity contribution in [1.29, 1.82) is 0 Å². The molecule has 0 rings (SSSR count). The van der Waals surface area contributed by atoms with Crippen molar-refractivity contribution in [2.24, 2.45) is 0 Å². The van der Waals surface area contributed by atoms with E-state index in [4.69, 9.17) is 5.11 Å². The van der Waals surface area contributed by atoms with Crippen molar-refractivity contribution in [3.63, 3.8) is 0 Å². The highest BCUT2D eigenvalue weighted by Crippen LogP contribution is 1.80. The Kier molecular flexibility index (Phi) is 13.7. The Morgan fingerprint density at radius 2 is 1.80 bits per heavy atom. The zero-order chi connectivity index (χ0) is 6.57. The third-order valence-electron chi connectivity index (χ3n) is 0.773.